The third-order valence-corrected chi connectivity index (χ3v) is 10.8. The number of ether oxygens (including phenoxy) is 1. The van der Waals surface area contributed by atoms with E-state index in [1.807, 2.05) is 0 Å². The Morgan fingerprint density at radius 3 is 2.15 bits per heavy atom. The molecule has 3 aliphatic rings. The van der Waals surface area contributed by atoms with Crippen molar-refractivity contribution in [3.63, 3.8) is 0 Å². The summed E-state index contributed by atoms with van der Waals surface area (Å²) >= 11 is 0. The van der Waals surface area contributed by atoms with Crippen LogP contribution in [-0.4, -0.2) is 11.7 Å². The number of fused-ring (bicyclic) bond motifs is 8. The number of nitrogens with zero attached hydrogens (tertiary/aromatic N) is 2. The molecule has 0 unspecified atom stereocenters. The van der Waals surface area contributed by atoms with Crippen LogP contribution in [0.2, 0.25) is 0 Å². The minimum absolute atomic E-state index is 0.0497. The van der Waals surface area contributed by atoms with Gasteiger partial charge in [0.2, 0.25) is 5.88 Å². The summed E-state index contributed by atoms with van der Waals surface area (Å²) in [6.07, 6.45) is 2.16. The molecule has 4 nitrogen and oxygen atoms in total. The van der Waals surface area contributed by atoms with Gasteiger partial charge in [0.1, 0.15) is 22.9 Å². The summed E-state index contributed by atoms with van der Waals surface area (Å²) in [6, 6.07) is 24.2. The number of hydrogen-bond donors (Lipinski definition) is 0. The summed E-state index contributed by atoms with van der Waals surface area (Å²) in [7, 11) is 0. The van der Waals surface area contributed by atoms with E-state index < -0.39 is 0 Å². The molecule has 5 heteroatoms. The van der Waals surface area contributed by atoms with Crippen LogP contribution < -0.4 is 26.0 Å². The van der Waals surface area contributed by atoms with E-state index in [2.05, 4.69) is 141 Å². The molecule has 5 aromatic rings. The summed E-state index contributed by atoms with van der Waals surface area (Å²) < 4.78 is 14.2. The van der Waals surface area contributed by atoms with Gasteiger partial charge >= 0.3 is 0 Å². The van der Waals surface area contributed by atoms with Crippen LogP contribution in [0.5, 0.6) is 11.5 Å². The van der Waals surface area contributed by atoms with Gasteiger partial charge in [-0.3, -0.25) is 4.90 Å². The Balaban J connectivity index is 1.53. The summed E-state index contributed by atoms with van der Waals surface area (Å²) in [6.45, 7) is 22.9. The quantitative estimate of drug-likeness (QED) is 0.174. The van der Waals surface area contributed by atoms with Gasteiger partial charge in [0.05, 0.1) is 11.4 Å². The van der Waals surface area contributed by atoms with Crippen molar-refractivity contribution in [2.45, 2.75) is 104 Å². The lowest BCUT2D eigenvalue weighted by molar-refractivity contribution is 0.312. The summed E-state index contributed by atoms with van der Waals surface area (Å²) in [5.41, 5.74) is 10.2. The van der Waals surface area contributed by atoms with E-state index in [-0.39, 0.29) is 28.4 Å². The van der Waals surface area contributed by atoms with Crippen LogP contribution in [0.4, 0.5) is 17.4 Å². The fraction of sp³-hybridized carbons (Fsp3) is 0.390. The van der Waals surface area contributed by atoms with Crippen molar-refractivity contribution >= 4 is 51.5 Å². The maximum Gasteiger partial charge on any atom is 0.263 e. The van der Waals surface area contributed by atoms with Gasteiger partial charge in [-0.15, -0.1) is 0 Å². The highest BCUT2D eigenvalue weighted by Gasteiger charge is 2.51. The first-order chi connectivity index (χ1) is 21.6. The molecule has 0 N–H and O–H groups in total. The lowest BCUT2D eigenvalue weighted by atomic mass is 9.34. The number of rotatable bonds is 1. The molecule has 0 radical (unpaired) electrons. The Labute approximate surface area is 274 Å². The van der Waals surface area contributed by atoms with Crippen molar-refractivity contribution in [1.82, 2.24) is 4.98 Å². The lowest BCUT2D eigenvalue weighted by Crippen LogP contribution is -2.60. The molecule has 0 bridgehead atoms. The Bertz CT molecular complexity index is 2050. The molecule has 3 aromatic carbocycles. The van der Waals surface area contributed by atoms with E-state index in [0.29, 0.717) is 0 Å². The number of anilines is 3. The van der Waals surface area contributed by atoms with Crippen molar-refractivity contribution in [3.05, 3.63) is 89.1 Å². The molecule has 2 aromatic heterocycles. The predicted molar refractivity (Wildman–Crippen MR) is 193 cm³/mol. The molecule has 1 aliphatic carbocycles. The minimum Gasteiger partial charge on any atom is -0.458 e. The molecule has 8 rings (SSSR count). The first-order valence-electron chi connectivity index (χ1n) is 16.9. The predicted octanol–water partition coefficient (Wildman–Crippen LogP) is 9.18. The molecule has 4 heterocycles. The highest BCUT2D eigenvalue weighted by molar-refractivity contribution is 7.00. The number of benzene rings is 3. The van der Waals surface area contributed by atoms with Gasteiger partial charge in [0.15, 0.2) is 0 Å². The Kier molecular flexibility index (Phi) is 5.95. The number of para-hydroxylation sites is 2. The molecular weight excluding hydrogens is 563 g/mol. The van der Waals surface area contributed by atoms with Gasteiger partial charge in [-0.2, -0.15) is 0 Å². The fourth-order valence-corrected chi connectivity index (χ4v) is 8.07. The number of hydrogen-bond acceptors (Lipinski definition) is 4. The summed E-state index contributed by atoms with van der Waals surface area (Å²) in [4.78, 5) is 8.01. The smallest absolute Gasteiger partial charge is 0.263 e. The fourth-order valence-electron chi connectivity index (χ4n) is 8.07. The second-order valence-corrected chi connectivity index (χ2v) is 17.1. The molecule has 0 amide bonds. The van der Waals surface area contributed by atoms with Gasteiger partial charge < -0.3 is 9.15 Å². The second-order valence-electron chi connectivity index (χ2n) is 17.1. The summed E-state index contributed by atoms with van der Waals surface area (Å²) in [5, 5.41) is 1.16. The van der Waals surface area contributed by atoms with Crippen molar-refractivity contribution in [2.24, 2.45) is 0 Å². The average Bonchev–Trinajstić information content (AvgIpc) is 3.37. The lowest BCUT2D eigenvalue weighted by Gasteiger charge is -2.45. The van der Waals surface area contributed by atoms with Crippen molar-refractivity contribution in [3.8, 4) is 11.5 Å². The van der Waals surface area contributed by atoms with Crippen molar-refractivity contribution in [2.75, 3.05) is 4.90 Å². The van der Waals surface area contributed by atoms with Gasteiger partial charge in [0.25, 0.3) is 6.71 Å². The molecule has 0 fully saturated rings. The van der Waals surface area contributed by atoms with Gasteiger partial charge in [-0.1, -0.05) is 118 Å². The van der Waals surface area contributed by atoms with Gasteiger partial charge in [-0.25, -0.2) is 4.98 Å². The maximum absolute atomic E-state index is 7.16. The van der Waals surface area contributed by atoms with E-state index >= 15 is 0 Å². The van der Waals surface area contributed by atoms with Crippen LogP contribution >= 0.6 is 0 Å². The number of aromatic nitrogens is 1. The molecule has 0 atom stereocenters. The molecule has 2 aliphatic heterocycles. The van der Waals surface area contributed by atoms with Crippen LogP contribution in [0.1, 0.15) is 104 Å². The van der Waals surface area contributed by atoms with E-state index in [1.165, 1.54) is 27.6 Å². The molecule has 0 spiro atoms. The average molecular weight is 609 g/mol. The third kappa shape index (κ3) is 4.09. The van der Waals surface area contributed by atoms with Crippen LogP contribution in [0.15, 0.2) is 71.1 Å². The van der Waals surface area contributed by atoms with E-state index in [4.69, 9.17) is 14.1 Å². The first kappa shape index (κ1) is 29.4. The molecule has 0 saturated carbocycles. The third-order valence-electron chi connectivity index (χ3n) is 10.8. The largest absolute Gasteiger partial charge is 0.458 e. The molecule has 0 saturated heterocycles. The first-order valence-corrected chi connectivity index (χ1v) is 16.9. The highest BCUT2D eigenvalue weighted by atomic mass is 16.5. The monoisotopic (exact) mass is 608 g/mol. The minimum atomic E-state index is -0.0957. The van der Waals surface area contributed by atoms with Crippen molar-refractivity contribution < 1.29 is 9.15 Å². The maximum atomic E-state index is 7.16. The Morgan fingerprint density at radius 1 is 0.761 bits per heavy atom. The van der Waals surface area contributed by atoms with Crippen LogP contribution in [0.25, 0.3) is 11.0 Å². The second kappa shape index (κ2) is 9.30. The van der Waals surface area contributed by atoms with E-state index in [9.17, 15) is 0 Å². The van der Waals surface area contributed by atoms with E-state index in [1.54, 1.807) is 0 Å². The SMILES string of the molecule is CC(C)(C)c1ccc(N2c3nc4c(c5c3B(c3ccccc3O5)c3c2oc2c(C(C)(C)C)cccc32)C(C)(C)CCC4(C)C)cc1. The Hall–Kier alpha value is -3.99. The topological polar surface area (TPSA) is 38.5 Å². The molecule has 234 valence electrons. The van der Waals surface area contributed by atoms with Crippen LogP contribution in [0, 0.1) is 0 Å². The highest BCUT2D eigenvalue weighted by Crippen LogP contribution is 2.53. The van der Waals surface area contributed by atoms with Gasteiger partial charge in [-0.05, 0) is 58.3 Å². The Morgan fingerprint density at radius 2 is 1.46 bits per heavy atom. The number of pyridine rings is 1. The summed E-state index contributed by atoms with van der Waals surface area (Å²) in [5.74, 6) is 3.70. The van der Waals surface area contributed by atoms with Crippen LogP contribution in [-0.2, 0) is 21.7 Å². The molecule has 46 heavy (non-hydrogen) atoms. The zero-order valence-corrected chi connectivity index (χ0v) is 29.1. The zero-order chi connectivity index (χ0) is 32.6. The molecular formula is C41H45BN2O2. The normalized spacial score (nSPS) is 17.6. The number of furan rings is 1. The standard InChI is InChI=1S/C41H45BN2O2/c1-38(2,3)24-18-20-25(21-19-24)44-36-32-34(30-35(43-36)41(9,10)23-22-40(30,7)8)45-29-17-12-11-16-28(29)42(32)31-26-14-13-15-27(39(4,5)6)33(26)46-37(31)44/h11-21H,22-23H2,1-10H3. The van der Waals surface area contributed by atoms with Crippen molar-refractivity contribution in [1.29, 1.82) is 0 Å². The van der Waals surface area contributed by atoms with E-state index in [0.717, 1.165) is 63.9 Å². The van der Waals surface area contributed by atoms with Gasteiger partial charge in [0, 0.05) is 32.9 Å². The van der Waals surface area contributed by atoms with Crippen LogP contribution in [0.3, 0.4) is 0 Å². The zero-order valence-electron chi connectivity index (χ0n) is 29.1.